The van der Waals surface area contributed by atoms with E-state index in [1.807, 2.05) is 12.1 Å². The van der Waals surface area contributed by atoms with E-state index in [0.29, 0.717) is 16.0 Å². The van der Waals surface area contributed by atoms with Crippen LogP contribution in [0.15, 0.2) is 75.3 Å². The molecule has 0 aliphatic rings. The normalized spacial score (nSPS) is 11.6. The van der Waals surface area contributed by atoms with Crippen molar-refractivity contribution in [2.45, 2.75) is 17.7 Å². The molecule has 0 atom stereocenters. The molecule has 0 bridgehead atoms. The van der Waals surface area contributed by atoms with Gasteiger partial charge in [-0.2, -0.15) is 24.9 Å². The first-order chi connectivity index (χ1) is 18.3. The number of hydrogen-bond donors (Lipinski definition) is 0. The zero-order valence-electron chi connectivity index (χ0n) is 19.7. The molecule has 10 nitrogen and oxygen atoms in total. The fourth-order valence-electron chi connectivity index (χ4n) is 3.39. The van der Waals surface area contributed by atoms with Gasteiger partial charge in [-0.05, 0) is 54.6 Å². The maximum atomic E-state index is 13.7. The largest absolute Gasteiger partial charge is 0.463 e. The second kappa shape index (κ2) is 11.7. The van der Waals surface area contributed by atoms with Gasteiger partial charge in [0.05, 0.1) is 39.7 Å². The molecule has 0 spiro atoms. The number of aromatic nitrogens is 1. The summed E-state index contributed by atoms with van der Waals surface area (Å²) < 4.78 is 46.7. The van der Waals surface area contributed by atoms with E-state index in [1.165, 1.54) is 54.9 Å². The van der Waals surface area contributed by atoms with Crippen molar-refractivity contribution in [3.8, 4) is 12.1 Å². The highest BCUT2D eigenvalue weighted by molar-refractivity contribution is 7.89. The van der Waals surface area contributed by atoms with Gasteiger partial charge in [0, 0.05) is 31.5 Å². The van der Waals surface area contributed by atoms with Crippen molar-refractivity contribution in [3.63, 3.8) is 0 Å². The number of amides is 1. The lowest BCUT2D eigenvalue weighted by molar-refractivity contribution is 0.0987. The van der Waals surface area contributed by atoms with Gasteiger partial charge in [0.25, 0.3) is 5.91 Å². The number of hydrogen-bond acceptors (Lipinski definition) is 9. The highest BCUT2D eigenvalue weighted by Crippen LogP contribution is 2.31. The number of fused-ring (bicyclic) bond motifs is 1. The summed E-state index contributed by atoms with van der Waals surface area (Å²) in [5.74, 6) is -0.673. The minimum atomic E-state index is -4.00. The predicted molar refractivity (Wildman–Crippen MR) is 138 cm³/mol. The molecule has 192 valence electrons. The SMILES string of the molecule is N#CCCN(CCC#N)S(=O)(=O)c1ccc(C(=O)N(/N=C/c2ccco2)c2nc3ccc(F)cc3s2)cc1. The topological polar surface area (TPSA) is 144 Å². The molecule has 0 aliphatic heterocycles. The molecule has 0 radical (unpaired) electrons. The Labute approximate surface area is 221 Å². The van der Waals surface area contributed by atoms with Crippen LogP contribution in [0.1, 0.15) is 29.0 Å². The molecule has 0 unspecified atom stereocenters. The molecule has 0 saturated heterocycles. The number of benzene rings is 2. The van der Waals surface area contributed by atoms with E-state index in [4.69, 9.17) is 14.9 Å². The third kappa shape index (κ3) is 5.92. The van der Waals surface area contributed by atoms with Crippen molar-refractivity contribution in [3.05, 3.63) is 78.0 Å². The van der Waals surface area contributed by atoms with Crippen LogP contribution in [-0.4, -0.2) is 42.9 Å². The summed E-state index contributed by atoms with van der Waals surface area (Å²) in [6.45, 7) is -0.122. The van der Waals surface area contributed by atoms with E-state index >= 15 is 0 Å². The Bertz CT molecular complexity index is 1630. The van der Waals surface area contributed by atoms with Gasteiger partial charge in [-0.15, -0.1) is 0 Å². The Kier molecular flexibility index (Phi) is 8.23. The number of sulfonamides is 1. The highest BCUT2D eigenvalue weighted by atomic mass is 32.2. The molecule has 1 amide bonds. The van der Waals surface area contributed by atoms with Crippen LogP contribution in [-0.2, 0) is 10.0 Å². The van der Waals surface area contributed by atoms with Crippen molar-refractivity contribution in [2.75, 3.05) is 18.1 Å². The quantitative estimate of drug-likeness (QED) is 0.208. The molecule has 0 fully saturated rings. The molecule has 2 aromatic heterocycles. The summed E-state index contributed by atoms with van der Waals surface area (Å²) in [7, 11) is -4.00. The number of anilines is 1. The third-order valence-electron chi connectivity index (χ3n) is 5.24. The molecular weight excluding hydrogens is 531 g/mol. The van der Waals surface area contributed by atoms with Crippen LogP contribution >= 0.6 is 11.3 Å². The monoisotopic (exact) mass is 550 g/mol. The van der Waals surface area contributed by atoms with E-state index in [9.17, 15) is 17.6 Å². The first kappa shape index (κ1) is 26.6. The van der Waals surface area contributed by atoms with E-state index in [2.05, 4.69) is 10.1 Å². The molecule has 38 heavy (non-hydrogen) atoms. The maximum Gasteiger partial charge on any atom is 0.280 e. The summed E-state index contributed by atoms with van der Waals surface area (Å²) >= 11 is 1.06. The molecule has 4 aromatic rings. The summed E-state index contributed by atoms with van der Waals surface area (Å²) in [5.41, 5.74) is 0.597. The highest BCUT2D eigenvalue weighted by Gasteiger charge is 2.26. The van der Waals surface area contributed by atoms with Gasteiger partial charge in [-0.3, -0.25) is 4.79 Å². The first-order valence-electron chi connectivity index (χ1n) is 11.2. The Hall–Kier alpha value is -4.43. The third-order valence-corrected chi connectivity index (χ3v) is 8.15. The number of furan rings is 1. The van der Waals surface area contributed by atoms with Crippen LogP contribution in [0.5, 0.6) is 0 Å². The van der Waals surface area contributed by atoms with Gasteiger partial charge in [0.2, 0.25) is 15.2 Å². The van der Waals surface area contributed by atoms with Gasteiger partial charge in [0.15, 0.2) is 0 Å². The molecule has 4 rings (SSSR count). The van der Waals surface area contributed by atoms with Gasteiger partial charge in [0.1, 0.15) is 11.6 Å². The van der Waals surface area contributed by atoms with Gasteiger partial charge in [-0.1, -0.05) is 11.3 Å². The van der Waals surface area contributed by atoms with E-state index < -0.39 is 21.7 Å². The van der Waals surface area contributed by atoms with Crippen molar-refractivity contribution in [1.29, 1.82) is 10.5 Å². The van der Waals surface area contributed by atoms with Crippen LogP contribution in [0, 0.1) is 28.5 Å². The summed E-state index contributed by atoms with van der Waals surface area (Å²) in [4.78, 5) is 17.8. The molecule has 13 heteroatoms. The van der Waals surface area contributed by atoms with E-state index in [0.717, 1.165) is 20.7 Å². The average molecular weight is 551 g/mol. The smallest absolute Gasteiger partial charge is 0.280 e. The Morgan fingerprint density at radius 2 is 1.82 bits per heavy atom. The molecule has 2 aromatic carbocycles. The number of carbonyl (C=O) groups is 1. The van der Waals surface area contributed by atoms with Crippen LogP contribution in [0.4, 0.5) is 9.52 Å². The summed E-state index contributed by atoms with van der Waals surface area (Å²) in [6, 6.07) is 16.4. The average Bonchev–Trinajstić information content (AvgIpc) is 3.58. The molecule has 0 N–H and O–H groups in total. The van der Waals surface area contributed by atoms with Crippen molar-refractivity contribution in [2.24, 2.45) is 5.10 Å². The number of nitrogens with zero attached hydrogens (tertiary/aromatic N) is 6. The lowest BCUT2D eigenvalue weighted by Crippen LogP contribution is -2.33. The molecule has 0 saturated carbocycles. The second-order valence-corrected chi connectivity index (χ2v) is 10.7. The van der Waals surface area contributed by atoms with Crippen LogP contribution in [0.3, 0.4) is 0 Å². The fourth-order valence-corrected chi connectivity index (χ4v) is 5.78. The Morgan fingerprint density at radius 3 is 2.45 bits per heavy atom. The van der Waals surface area contributed by atoms with Gasteiger partial charge < -0.3 is 4.42 Å². The number of carbonyl (C=O) groups excluding carboxylic acids is 1. The van der Waals surface area contributed by atoms with E-state index in [-0.39, 0.29) is 41.5 Å². The molecular formula is C25H19FN6O4S2. The number of nitriles is 2. The number of thiazole rings is 1. The second-order valence-electron chi connectivity index (χ2n) is 7.73. The number of hydrazone groups is 1. The zero-order chi connectivity index (χ0) is 27.1. The first-order valence-corrected chi connectivity index (χ1v) is 13.4. The maximum absolute atomic E-state index is 13.7. The Balaban J connectivity index is 1.66. The van der Waals surface area contributed by atoms with Crippen molar-refractivity contribution in [1.82, 2.24) is 9.29 Å². The molecule has 2 heterocycles. The Morgan fingerprint density at radius 1 is 1.11 bits per heavy atom. The lowest BCUT2D eigenvalue weighted by Gasteiger charge is -2.20. The van der Waals surface area contributed by atoms with Gasteiger partial charge in [-0.25, -0.2) is 17.8 Å². The fraction of sp³-hybridized carbons (Fsp3) is 0.160. The predicted octanol–water partition coefficient (Wildman–Crippen LogP) is 4.53. The lowest BCUT2D eigenvalue weighted by atomic mass is 10.2. The standard InChI is InChI=1S/C25H19FN6O4S2/c26-19-7-10-22-23(16-19)37-25(30-22)32(29-17-20-4-1-15-36-20)24(33)18-5-8-21(9-6-18)38(34,35)31(13-2-11-27)14-3-12-28/h1,4-10,15-17H,2-3,13-14H2/b29-17+. The number of rotatable bonds is 10. The van der Waals surface area contributed by atoms with E-state index in [1.54, 1.807) is 12.1 Å². The number of halogens is 1. The van der Waals surface area contributed by atoms with Gasteiger partial charge >= 0.3 is 0 Å². The minimum absolute atomic E-state index is 0.0318. The minimum Gasteiger partial charge on any atom is -0.463 e. The molecule has 0 aliphatic carbocycles. The van der Waals surface area contributed by atoms with Crippen LogP contribution < -0.4 is 5.01 Å². The van der Waals surface area contributed by atoms with Crippen molar-refractivity contribution < 1.29 is 22.0 Å². The van der Waals surface area contributed by atoms with Crippen molar-refractivity contribution >= 4 is 48.8 Å². The van der Waals surface area contributed by atoms with Crippen LogP contribution in [0.2, 0.25) is 0 Å². The summed E-state index contributed by atoms with van der Waals surface area (Å²) in [6.07, 6.45) is 2.71. The zero-order valence-corrected chi connectivity index (χ0v) is 21.3. The summed E-state index contributed by atoms with van der Waals surface area (Å²) in [5, 5.41) is 23.2. The van der Waals surface area contributed by atoms with Crippen LogP contribution in [0.25, 0.3) is 10.2 Å².